The summed E-state index contributed by atoms with van der Waals surface area (Å²) in [5.74, 6) is -2.94. The molecule has 3 aliphatic heterocycles. The van der Waals surface area contributed by atoms with Crippen molar-refractivity contribution in [2.75, 3.05) is 6.54 Å². The van der Waals surface area contributed by atoms with E-state index in [9.17, 15) is 40.8 Å². The van der Waals surface area contributed by atoms with Crippen molar-refractivity contribution in [3.05, 3.63) is 47.2 Å². The molecule has 5 unspecified atom stereocenters. The summed E-state index contributed by atoms with van der Waals surface area (Å²) in [5, 5.41) is 5.84. The number of fused-ring (bicyclic) bond motifs is 4. The van der Waals surface area contributed by atoms with Gasteiger partial charge in [-0.1, -0.05) is 50.5 Å². The monoisotopic (exact) mass is 819 g/mol. The van der Waals surface area contributed by atoms with E-state index in [2.05, 4.69) is 20.3 Å². The summed E-state index contributed by atoms with van der Waals surface area (Å²) in [5.41, 5.74) is -1.42. The molecule has 312 valence electrons. The van der Waals surface area contributed by atoms with Crippen molar-refractivity contribution in [2.45, 2.75) is 146 Å². The molecule has 17 heteroatoms. The van der Waals surface area contributed by atoms with Gasteiger partial charge in [-0.15, -0.1) is 0 Å². The highest BCUT2D eigenvalue weighted by Gasteiger charge is 2.55. The summed E-state index contributed by atoms with van der Waals surface area (Å²) in [6, 6.07) is 1.04. The Morgan fingerprint density at radius 2 is 1.82 bits per heavy atom. The van der Waals surface area contributed by atoms with Crippen LogP contribution in [0.3, 0.4) is 0 Å². The molecule has 57 heavy (non-hydrogen) atoms. The standard InChI is InChI=1S/C40H52F3N5O8S/c1-23(2)25(4)55-37(52)46-30-13-11-9-7-6-8-10-12-29(34(49)47-57(53,54)38(5)18-19-38)45-35(50)31-21-39(22-48(31)36(30)51)17-16-26-27-20-24(3)14-15-28(27)44-33(32(26)56-39)40(41,42)43/h8,10,14-15,20,23,25,29-31H,6-7,9,11-13,16-19,21-22H2,1-5H3,(H,45,50)(H,46,52)(H,47,49). The number of aromatic nitrogens is 1. The number of amides is 4. The number of hydrogen-bond donors (Lipinski definition) is 3. The molecule has 1 aromatic heterocycles. The molecule has 5 atom stereocenters. The van der Waals surface area contributed by atoms with E-state index in [-0.39, 0.29) is 50.1 Å². The van der Waals surface area contributed by atoms with Crippen molar-refractivity contribution in [1.82, 2.24) is 25.2 Å². The van der Waals surface area contributed by atoms with Gasteiger partial charge in [0.25, 0.3) is 5.91 Å². The normalized spacial score (nSPS) is 26.1. The third kappa shape index (κ3) is 9.18. The number of carbonyl (C=O) groups excluding carboxylic acids is 4. The molecule has 1 aliphatic carbocycles. The zero-order valence-corrected chi connectivity index (χ0v) is 33.8. The minimum absolute atomic E-state index is 0.0188. The summed E-state index contributed by atoms with van der Waals surface area (Å²) in [6.45, 7) is 8.48. The first-order valence-electron chi connectivity index (χ1n) is 19.7. The molecule has 1 spiro atoms. The number of allylic oxidation sites excluding steroid dienone is 1. The number of sulfonamides is 1. The molecule has 0 bridgehead atoms. The molecule has 3 N–H and O–H groups in total. The van der Waals surface area contributed by atoms with Crippen LogP contribution < -0.4 is 20.1 Å². The van der Waals surface area contributed by atoms with Gasteiger partial charge in [0, 0.05) is 17.4 Å². The number of ether oxygens (including phenoxy) is 2. The Balaban J connectivity index is 1.37. The topological polar surface area (TPSA) is 173 Å². The smallest absolute Gasteiger partial charge is 0.437 e. The fourth-order valence-corrected chi connectivity index (χ4v) is 8.91. The number of halogens is 3. The van der Waals surface area contributed by atoms with E-state index in [1.807, 2.05) is 26.8 Å². The molecule has 4 amide bonds. The van der Waals surface area contributed by atoms with Crippen LogP contribution in [-0.4, -0.2) is 83.2 Å². The quantitative estimate of drug-likeness (QED) is 0.307. The fourth-order valence-electron chi connectivity index (χ4n) is 7.61. The molecule has 2 fully saturated rings. The number of pyridine rings is 1. The zero-order valence-electron chi connectivity index (χ0n) is 33.0. The highest BCUT2D eigenvalue weighted by molar-refractivity contribution is 7.91. The summed E-state index contributed by atoms with van der Waals surface area (Å²) < 4.78 is 83.0. The number of hydrogen-bond acceptors (Lipinski definition) is 9. The maximum absolute atomic E-state index is 14.7. The van der Waals surface area contributed by atoms with Crippen molar-refractivity contribution in [1.29, 1.82) is 0 Å². The van der Waals surface area contributed by atoms with Crippen LogP contribution in [0.1, 0.15) is 109 Å². The maximum Gasteiger partial charge on any atom is 0.437 e. The predicted octanol–water partition coefficient (Wildman–Crippen LogP) is 5.76. The maximum atomic E-state index is 14.7. The van der Waals surface area contributed by atoms with Crippen LogP contribution in [0.25, 0.3) is 10.9 Å². The second-order valence-corrected chi connectivity index (χ2v) is 18.8. The third-order valence-corrected chi connectivity index (χ3v) is 14.0. The van der Waals surface area contributed by atoms with Crippen LogP contribution in [0.2, 0.25) is 0 Å². The molecule has 6 rings (SSSR count). The number of alkyl halides is 3. The van der Waals surface area contributed by atoms with Crippen LogP contribution in [0.4, 0.5) is 18.0 Å². The van der Waals surface area contributed by atoms with E-state index in [0.717, 1.165) is 5.56 Å². The Hall–Kier alpha value is -4.41. The molecule has 4 aliphatic rings. The van der Waals surface area contributed by atoms with Crippen molar-refractivity contribution < 1.29 is 50.2 Å². The Kier molecular flexibility index (Phi) is 11.9. The lowest BCUT2D eigenvalue weighted by molar-refractivity contribution is -0.144. The molecule has 13 nitrogen and oxygen atoms in total. The van der Waals surface area contributed by atoms with Crippen LogP contribution in [0.5, 0.6) is 5.75 Å². The van der Waals surface area contributed by atoms with E-state index < -0.39 is 86.0 Å². The number of benzene rings is 1. The van der Waals surface area contributed by atoms with Gasteiger partial charge in [0.15, 0.2) is 11.4 Å². The van der Waals surface area contributed by atoms with Gasteiger partial charge < -0.3 is 25.0 Å². The summed E-state index contributed by atoms with van der Waals surface area (Å²) in [6.07, 6.45) is 0.654. The van der Waals surface area contributed by atoms with Crippen LogP contribution >= 0.6 is 0 Å². The van der Waals surface area contributed by atoms with Gasteiger partial charge in [-0.3, -0.25) is 19.1 Å². The second kappa shape index (κ2) is 16.1. The average molecular weight is 820 g/mol. The number of rotatable bonds is 6. The van der Waals surface area contributed by atoms with E-state index in [1.54, 1.807) is 25.1 Å². The second-order valence-electron chi connectivity index (χ2n) is 16.6. The largest absolute Gasteiger partial charge is 0.483 e. The molecule has 2 aromatic rings. The lowest BCUT2D eigenvalue weighted by atomic mass is 9.86. The molecular weight excluding hydrogens is 768 g/mol. The minimum atomic E-state index is -4.90. The van der Waals surface area contributed by atoms with Gasteiger partial charge in [-0.05, 0) is 90.2 Å². The number of carbonyl (C=O) groups is 4. The molecule has 1 saturated carbocycles. The molecule has 1 saturated heterocycles. The van der Waals surface area contributed by atoms with Crippen molar-refractivity contribution in [2.24, 2.45) is 5.92 Å². The first kappa shape index (κ1) is 42.2. The Labute approximate surface area is 330 Å². The molecule has 1 aromatic carbocycles. The average Bonchev–Trinajstić information content (AvgIpc) is 3.80. The van der Waals surface area contributed by atoms with Gasteiger partial charge in [0.2, 0.25) is 21.8 Å². The Morgan fingerprint density at radius 1 is 1.09 bits per heavy atom. The molecule has 4 heterocycles. The number of aryl methyl sites for hydroxylation is 2. The number of alkyl carbamates (subject to hydrolysis) is 1. The van der Waals surface area contributed by atoms with Gasteiger partial charge in [0.1, 0.15) is 29.8 Å². The van der Waals surface area contributed by atoms with Crippen LogP contribution in [0.15, 0.2) is 30.4 Å². The summed E-state index contributed by atoms with van der Waals surface area (Å²) in [4.78, 5) is 60.9. The van der Waals surface area contributed by atoms with Gasteiger partial charge in [0.05, 0.1) is 16.8 Å². The molecular formula is C40H52F3N5O8S. The molecule has 0 radical (unpaired) electrons. The van der Waals surface area contributed by atoms with Gasteiger partial charge >= 0.3 is 12.3 Å². The van der Waals surface area contributed by atoms with Crippen molar-refractivity contribution >= 4 is 44.7 Å². The first-order chi connectivity index (χ1) is 26.7. The van der Waals surface area contributed by atoms with E-state index in [0.29, 0.717) is 49.5 Å². The highest BCUT2D eigenvalue weighted by Crippen LogP contribution is 2.48. The summed E-state index contributed by atoms with van der Waals surface area (Å²) >= 11 is 0. The van der Waals surface area contributed by atoms with E-state index in [4.69, 9.17) is 9.47 Å². The van der Waals surface area contributed by atoms with E-state index >= 15 is 0 Å². The highest BCUT2D eigenvalue weighted by atomic mass is 32.2. The number of nitrogens with zero attached hydrogens (tertiary/aromatic N) is 2. The lowest BCUT2D eigenvalue weighted by Crippen LogP contribution is -2.57. The minimum Gasteiger partial charge on any atom is -0.483 e. The van der Waals surface area contributed by atoms with Gasteiger partial charge in [-0.2, -0.15) is 13.2 Å². The van der Waals surface area contributed by atoms with Crippen molar-refractivity contribution in [3.63, 3.8) is 0 Å². The Bertz CT molecular complexity index is 2050. The summed E-state index contributed by atoms with van der Waals surface area (Å²) in [7, 11) is -4.07. The van der Waals surface area contributed by atoms with Crippen LogP contribution in [0, 0.1) is 12.8 Å². The predicted molar refractivity (Wildman–Crippen MR) is 204 cm³/mol. The Morgan fingerprint density at radius 3 is 2.51 bits per heavy atom. The number of nitrogens with one attached hydrogen (secondary N) is 3. The SMILES string of the molecule is Cc1ccc2nc(C(F)(F)F)c3c(c2c1)CCC1(CC2C(=O)NC(C(=O)NS(=O)(=O)C4(C)CC4)CC=CCCCCCC(NC(=O)OC(C)C(C)C)C(=O)N2C1)O3. The van der Waals surface area contributed by atoms with Crippen molar-refractivity contribution in [3.8, 4) is 5.75 Å². The zero-order chi connectivity index (χ0) is 41.5. The van der Waals surface area contributed by atoms with Gasteiger partial charge in [-0.25, -0.2) is 18.2 Å². The fraction of sp³-hybridized carbons (Fsp3) is 0.625. The first-order valence-corrected chi connectivity index (χ1v) is 21.2. The lowest BCUT2D eigenvalue weighted by Gasteiger charge is -2.37. The van der Waals surface area contributed by atoms with E-state index in [1.165, 1.54) is 17.9 Å². The third-order valence-electron chi connectivity index (χ3n) is 11.8. The van der Waals surface area contributed by atoms with Crippen LogP contribution in [-0.2, 0) is 41.7 Å².